The Morgan fingerprint density at radius 2 is 1.60 bits per heavy atom. The second-order valence-electron chi connectivity index (χ2n) is 12.8. The molecule has 5 rings (SSSR count). The van der Waals surface area contributed by atoms with Gasteiger partial charge in [-0.3, -0.25) is 4.79 Å². The molecule has 0 spiro atoms. The summed E-state index contributed by atoms with van der Waals surface area (Å²) in [6.45, 7) is 10.2. The maximum atomic E-state index is 13.0. The highest BCUT2D eigenvalue weighted by Crippen LogP contribution is 2.76. The first-order valence-corrected chi connectivity index (χ1v) is 12.9. The summed E-state index contributed by atoms with van der Waals surface area (Å²) in [7, 11) is 1.60. The maximum absolute atomic E-state index is 13.0. The zero-order valence-electron chi connectivity index (χ0n) is 20.0. The summed E-state index contributed by atoms with van der Waals surface area (Å²) >= 11 is 0. The molecule has 0 heterocycles. The van der Waals surface area contributed by atoms with E-state index in [2.05, 4.69) is 27.7 Å². The van der Waals surface area contributed by atoms with Crippen molar-refractivity contribution >= 4 is 5.97 Å². The van der Waals surface area contributed by atoms with Crippen molar-refractivity contribution in [3.8, 4) is 0 Å². The third-order valence-corrected chi connectivity index (χ3v) is 12.5. The lowest BCUT2D eigenvalue weighted by Gasteiger charge is -2.71. The molecule has 0 aromatic rings. The van der Waals surface area contributed by atoms with Crippen LogP contribution in [0.25, 0.3) is 0 Å². The molecule has 1 N–H and O–H groups in total. The van der Waals surface area contributed by atoms with Gasteiger partial charge in [0.1, 0.15) is 0 Å². The Labute approximate surface area is 183 Å². The number of rotatable bonds is 1. The van der Waals surface area contributed by atoms with Crippen LogP contribution in [0.15, 0.2) is 0 Å². The van der Waals surface area contributed by atoms with Crippen LogP contribution in [0.3, 0.4) is 0 Å². The van der Waals surface area contributed by atoms with E-state index >= 15 is 0 Å². The van der Waals surface area contributed by atoms with Gasteiger partial charge in [0.15, 0.2) is 0 Å². The van der Waals surface area contributed by atoms with Gasteiger partial charge in [0.05, 0.1) is 18.6 Å². The number of aliphatic hydroxyl groups excluding tert-OH is 1. The molecule has 0 bridgehead atoms. The normalized spacial score (nSPS) is 57.5. The minimum Gasteiger partial charge on any atom is -0.469 e. The Kier molecular flexibility index (Phi) is 4.77. The van der Waals surface area contributed by atoms with Crippen LogP contribution in [0.2, 0.25) is 0 Å². The van der Waals surface area contributed by atoms with Crippen LogP contribution in [0.1, 0.15) is 98.3 Å². The number of esters is 1. The minimum atomic E-state index is -0.188. The van der Waals surface area contributed by atoms with E-state index in [1.165, 1.54) is 51.4 Å². The van der Waals surface area contributed by atoms with E-state index in [1.807, 2.05) is 0 Å². The molecular formula is C27H44O3. The number of fused-ring (bicyclic) bond motifs is 7. The molecule has 170 valence electrons. The summed E-state index contributed by atoms with van der Waals surface area (Å²) in [6.07, 6.45) is 13.0. The summed E-state index contributed by atoms with van der Waals surface area (Å²) in [5, 5.41) is 10.6. The first kappa shape index (κ1) is 21.3. The Morgan fingerprint density at radius 1 is 0.833 bits per heavy atom. The van der Waals surface area contributed by atoms with Gasteiger partial charge in [-0.15, -0.1) is 0 Å². The van der Waals surface area contributed by atoms with Gasteiger partial charge >= 0.3 is 5.97 Å². The monoisotopic (exact) mass is 416 g/mol. The van der Waals surface area contributed by atoms with Gasteiger partial charge in [-0.25, -0.2) is 0 Å². The highest BCUT2D eigenvalue weighted by atomic mass is 16.5. The molecule has 0 saturated heterocycles. The summed E-state index contributed by atoms with van der Waals surface area (Å²) < 4.78 is 5.38. The third kappa shape index (κ3) is 2.40. The molecular weight excluding hydrogens is 372 g/mol. The van der Waals surface area contributed by atoms with Crippen molar-refractivity contribution in [3.63, 3.8) is 0 Å². The first-order chi connectivity index (χ1) is 14.1. The molecule has 10 unspecified atom stereocenters. The van der Waals surface area contributed by atoms with E-state index in [1.54, 1.807) is 7.11 Å². The van der Waals surface area contributed by atoms with Crippen molar-refractivity contribution in [1.82, 2.24) is 0 Å². The van der Waals surface area contributed by atoms with Gasteiger partial charge in [-0.2, -0.15) is 0 Å². The van der Waals surface area contributed by atoms with Crippen LogP contribution in [0.5, 0.6) is 0 Å². The zero-order valence-corrected chi connectivity index (χ0v) is 20.0. The van der Waals surface area contributed by atoms with E-state index < -0.39 is 0 Å². The molecule has 5 fully saturated rings. The second kappa shape index (κ2) is 6.72. The first-order valence-electron chi connectivity index (χ1n) is 12.9. The lowest BCUT2D eigenvalue weighted by atomic mass is 9.33. The predicted molar refractivity (Wildman–Crippen MR) is 119 cm³/mol. The van der Waals surface area contributed by atoms with Crippen molar-refractivity contribution < 1.29 is 14.6 Å². The largest absolute Gasteiger partial charge is 0.469 e. The number of ether oxygens (including phenoxy) is 1. The molecule has 0 aromatic carbocycles. The Hall–Kier alpha value is -0.570. The standard InChI is InChI=1S/C27H44O3/c1-17-18-10-14-26(4)22(24(18,2)13-11-21(17)28)9-8-19-20-7-6-12-27(20,23(29)30-5)16-15-25(19,26)3/h17-22,28H,6-16H2,1-5H3. The van der Waals surface area contributed by atoms with E-state index in [9.17, 15) is 9.90 Å². The molecule has 5 saturated carbocycles. The number of carbonyl (C=O) groups excluding carboxylic acids is 1. The van der Waals surface area contributed by atoms with E-state index in [0.717, 1.165) is 25.2 Å². The molecule has 10 atom stereocenters. The fraction of sp³-hybridized carbons (Fsp3) is 0.963. The average Bonchev–Trinajstić information content (AvgIpc) is 3.16. The maximum Gasteiger partial charge on any atom is 0.312 e. The van der Waals surface area contributed by atoms with E-state index in [4.69, 9.17) is 4.74 Å². The number of carbonyl (C=O) groups is 1. The lowest BCUT2D eigenvalue weighted by Crippen LogP contribution is -2.65. The van der Waals surface area contributed by atoms with Crippen molar-refractivity contribution in [2.75, 3.05) is 7.11 Å². The molecule has 0 radical (unpaired) electrons. The fourth-order valence-electron chi connectivity index (χ4n) is 10.7. The van der Waals surface area contributed by atoms with Gasteiger partial charge in [0.25, 0.3) is 0 Å². The fourth-order valence-corrected chi connectivity index (χ4v) is 10.7. The summed E-state index contributed by atoms with van der Waals surface area (Å²) in [6, 6.07) is 0. The summed E-state index contributed by atoms with van der Waals surface area (Å²) in [5.74, 6) is 3.15. The Bertz CT molecular complexity index is 719. The van der Waals surface area contributed by atoms with E-state index in [-0.39, 0.29) is 17.5 Å². The van der Waals surface area contributed by atoms with Crippen LogP contribution in [-0.4, -0.2) is 24.3 Å². The number of hydrogen-bond acceptors (Lipinski definition) is 3. The SMILES string of the molecule is COC(=O)C12CCCC1C1CCC3C4(C)CCC(O)C(C)C4CCC3(C)C1(C)CC2. The molecule has 5 aliphatic rings. The molecule has 3 nitrogen and oxygen atoms in total. The highest BCUT2D eigenvalue weighted by molar-refractivity contribution is 5.78. The number of aliphatic hydroxyl groups is 1. The van der Waals surface area contributed by atoms with Gasteiger partial charge < -0.3 is 9.84 Å². The minimum absolute atomic E-state index is 0.0880. The molecule has 30 heavy (non-hydrogen) atoms. The Morgan fingerprint density at radius 3 is 2.33 bits per heavy atom. The topological polar surface area (TPSA) is 46.5 Å². The molecule has 0 aliphatic heterocycles. The quantitative estimate of drug-likeness (QED) is 0.534. The molecule has 0 aromatic heterocycles. The molecule has 5 aliphatic carbocycles. The highest BCUT2D eigenvalue weighted by Gasteiger charge is 2.70. The molecule has 3 heteroatoms. The number of hydrogen-bond donors (Lipinski definition) is 1. The van der Waals surface area contributed by atoms with Crippen molar-refractivity contribution in [2.24, 2.45) is 51.2 Å². The van der Waals surface area contributed by atoms with Crippen LogP contribution in [-0.2, 0) is 9.53 Å². The van der Waals surface area contributed by atoms with Crippen molar-refractivity contribution in [2.45, 2.75) is 104 Å². The van der Waals surface area contributed by atoms with Gasteiger partial charge in [0, 0.05) is 0 Å². The van der Waals surface area contributed by atoms with Crippen LogP contribution < -0.4 is 0 Å². The molecule has 0 amide bonds. The van der Waals surface area contributed by atoms with Crippen molar-refractivity contribution in [1.29, 1.82) is 0 Å². The van der Waals surface area contributed by atoms with E-state index in [0.29, 0.717) is 39.9 Å². The van der Waals surface area contributed by atoms with Crippen LogP contribution in [0.4, 0.5) is 0 Å². The third-order valence-electron chi connectivity index (χ3n) is 12.5. The predicted octanol–water partition coefficient (Wildman–Crippen LogP) is 5.99. The second-order valence-corrected chi connectivity index (χ2v) is 12.8. The zero-order chi connectivity index (χ0) is 21.5. The average molecular weight is 417 g/mol. The Balaban J connectivity index is 1.51. The summed E-state index contributed by atoms with van der Waals surface area (Å²) in [5.41, 5.74) is 0.864. The van der Waals surface area contributed by atoms with Gasteiger partial charge in [-0.05, 0) is 110 Å². The van der Waals surface area contributed by atoms with Gasteiger partial charge in [-0.1, -0.05) is 34.1 Å². The smallest absolute Gasteiger partial charge is 0.312 e. The van der Waals surface area contributed by atoms with Crippen molar-refractivity contribution in [3.05, 3.63) is 0 Å². The number of methoxy groups -OCH3 is 1. The van der Waals surface area contributed by atoms with Crippen LogP contribution in [0, 0.1) is 51.2 Å². The van der Waals surface area contributed by atoms with Gasteiger partial charge in [0.2, 0.25) is 0 Å². The summed E-state index contributed by atoms with van der Waals surface area (Å²) in [4.78, 5) is 13.0. The van der Waals surface area contributed by atoms with Crippen LogP contribution >= 0.6 is 0 Å². The lowest BCUT2D eigenvalue weighted by molar-refractivity contribution is -0.234.